The van der Waals surface area contributed by atoms with Gasteiger partial charge in [-0.05, 0) is 0 Å². The Morgan fingerprint density at radius 3 is 2.00 bits per heavy atom. The summed E-state index contributed by atoms with van der Waals surface area (Å²) in [5.41, 5.74) is 0. The zero-order valence-corrected chi connectivity index (χ0v) is 11.2. The molecule has 1 heterocycles. The number of hydrogen-bond acceptors (Lipinski definition) is 2. The maximum Gasteiger partial charge on any atom is 0.213 e. The van der Waals surface area contributed by atoms with Gasteiger partial charge in [0.1, 0.15) is 0 Å². The molecule has 58 valence electrons. The van der Waals surface area contributed by atoms with E-state index in [2.05, 4.69) is 12.2 Å². The molecular weight excluding hydrogens is 410 g/mol. The summed E-state index contributed by atoms with van der Waals surface area (Å²) in [7, 11) is 1.25. The fourth-order valence-electron chi connectivity index (χ4n) is 0.514. The number of imide groups is 1. The van der Waals surface area contributed by atoms with Crippen LogP contribution in [0.3, 0.4) is 0 Å². The van der Waals surface area contributed by atoms with Gasteiger partial charge in [-0.15, -0.1) is 5.82 Å². The first-order valence-corrected chi connectivity index (χ1v) is 2.23. The van der Waals surface area contributed by atoms with Crippen molar-refractivity contribution in [3.05, 3.63) is 6.92 Å². The molecule has 1 aliphatic heterocycles. The molecule has 1 fully saturated rings. The smallest absolute Gasteiger partial charge is 0.213 e. The van der Waals surface area contributed by atoms with Crippen LogP contribution in [0.25, 0.3) is 0 Å². The van der Waals surface area contributed by atoms with Crippen LogP contribution in [0, 0.1) is 38.0 Å². The first-order chi connectivity index (χ1) is 3.70. The zero-order valence-electron chi connectivity index (χ0n) is 5.63. The average molecular weight is 416 g/mol. The summed E-state index contributed by atoms with van der Waals surface area (Å²) in [5, 5.41) is 2.07. The molecule has 0 aromatic carbocycles. The Morgan fingerprint density at radius 2 is 1.91 bits per heavy atom. The Bertz CT molecular complexity index is 156. The van der Waals surface area contributed by atoms with Gasteiger partial charge in [-0.2, -0.15) is 0 Å². The van der Waals surface area contributed by atoms with Crippen molar-refractivity contribution < 1.29 is 64.7 Å². The second-order valence-electron chi connectivity index (χ2n) is 1.63. The Balaban J connectivity index is -0.000000213. The van der Waals surface area contributed by atoms with Crippen molar-refractivity contribution in [2.75, 3.05) is 0 Å². The minimum Gasteiger partial charge on any atom is -0.412 e. The molecule has 0 aliphatic carbocycles. The van der Waals surface area contributed by atoms with Crippen LogP contribution in [-0.4, -0.2) is 24.5 Å². The van der Waals surface area contributed by atoms with Crippen LogP contribution in [0.15, 0.2) is 0 Å². The largest absolute Gasteiger partial charge is 0.412 e. The number of nitrogens with one attached hydrogen (secondary N) is 1. The van der Waals surface area contributed by atoms with Gasteiger partial charge in [0, 0.05) is 49.7 Å². The maximum absolute atomic E-state index is 10.4. The average Bonchev–Trinajstić information content (AvgIpc) is 1.85. The topological polar surface area (TPSA) is 77.7 Å². The van der Waals surface area contributed by atoms with Gasteiger partial charge in [-0.3, -0.25) is 9.59 Å². The van der Waals surface area contributed by atoms with E-state index < -0.39 is 5.82 Å². The SMILES string of the molecule is O.[CH2-]C1[B]C(=O)NC1=O.[U].[V]. The van der Waals surface area contributed by atoms with Gasteiger partial charge in [0.25, 0.3) is 0 Å². The molecule has 1 atom stereocenters. The van der Waals surface area contributed by atoms with Gasteiger partial charge < -0.3 is 17.7 Å². The van der Waals surface area contributed by atoms with Gasteiger partial charge in [0.05, 0.1) is 0 Å². The summed E-state index contributed by atoms with van der Waals surface area (Å²) in [6.07, 6.45) is 0. The molecule has 1 unspecified atom stereocenters. The van der Waals surface area contributed by atoms with Crippen LogP contribution in [0.2, 0.25) is 5.82 Å². The van der Waals surface area contributed by atoms with Crippen LogP contribution in [0.4, 0.5) is 4.79 Å². The fourth-order valence-corrected chi connectivity index (χ4v) is 0.514. The summed E-state index contributed by atoms with van der Waals surface area (Å²) in [4.78, 5) is 20.6. The quantitative estimate of drug-likeness (QED) is 0.396. The summed E-state index contributed by atoms with van der Waals surface area (Å²) in [5.74, 6) is -1.13. The van der Waals surface area contributed by atoms with Crippen molar-refractivity contribution in [1.82, 2.24) is 5.32 Å². The molecule has 0 aromatic rings. The minimum absolute atomic E-state index is 0. The third-order valence-corrected chi connectivity index (χ3v) is 0.936. The monoisotopic (exact) mass is 416 g/mol. The number of amides is 2. The van der Waals surface area contributed by atoms with Crippen molar-refractivity contribution in [1.29, 1.82) is 0 Å². The third-order valence-electron chi connectivity index (χ3n) is 0.936. The van der Waals surface area contributed by atoms with E-state index in [1.807, 2.05) is 0 Å². The van der Waals surface area contributed by atoms with Gasteiger partial charge in [0.2, 0.25) is 7.28 Å². The maximum atomic E-state index is 10.4. The second-order valence-corrected chi connectivity index (χ2v) is 1.63. The molecule has 3 N–H and O–H groups in total. The first kappa shape index (κ1) is 17.8. The Kier molecular flexibility index (Phi) is 12.0. The van der Waals surface area contributed by atoms with Crippen LogP contribution < -0.4 is 5.32 Å². The van der Waals surface area contributed by atoms with Gasteiger partial charge in [-0.1, -0.05) is 0 Å². The summed E-state index contributed by atoms with van der Waals surface area (Å²) in [6, 6.07) is 0. The predicted octanol–water partition coefficient (Wildman–Crippen LogP) is -1.26. The number of hydrogen-bond donors (Lipinski definition) is 1. The van der Waals surface area contributed by atoms with E-state index in [-0.39, 0.29) is 66.9 Å². The van der Waals surface area contributed by atoms with Gasteiger partial charge in [-0.25, -0.2) is 0 Å². The van der Waals surface area contributed by atoms with Crippen molar-refractivity contribution in [3.63, 3.8) is 0 Å². The third kappa shape index (κ3) is 5.11. The van der Waals surface area contributed by atoms with E-state index in [9.17, 15) is 9.59 Å². The van der Waals surface area contributed by atoms with Crippen LogP contribution in [0.1, 0.15) is 0 Å². The summed E-state index contributed by atoms with van der Waals surface area (Å²) < 4.78 is 0. The molecule has 1 saturated heterocycles. The molecule has 1 aliphatic rings. The first-order valence-electron chi connectivity index (χ1n) is 2.23. The Morgan fingerprint density at radius 1 is 1.45 bits per heavy atom. The number of carbonyl (C=O) groups is 2. The van der Waals surface area contributed by atoms with E-state index in [1.165, 1.54) is 7.28 Å². The molecule has 7 heteroatoms. The number of carbonyl (C=O) groups excluding carboxylic acids is 2. The zero-order chi connectivity index (χ0) is 6.15. The van der Waals surface area contributed by atoms with Gasteiger partial charge in [0.15, 0.2) is 11.7 Å². The van der Waals surface area contributed by atoms with Crippen LogP contribution in [0.5, 0.6) is 0 Å². The summed E-state index contributed by atoms with van der Waals surface area (Å²) in [6.45, 7) is 3.38. The second kappa shape index (κ2) is 7.45. The standard InChI is InChI=1S/C4H4BNO2.H2O.U.V/c1-2-3(7)6-4(8)5-2;;;/h2H,1H2,(H,6,7,8);1H2;;/q-1;;;. The van der Waals surface area contributed by atoms with Crippen molar-refractivity contribution in [2.45, 2.75) is 5.82 Å². The van der Waals surface area contributed by atoms with Crippen molar-refractivity contribution in [3.8, 4) is 0 Å². The summed E-state index contributed by atoms with van der Waals surface area (Å²) >= 11 is 0. The molecule has 1 rings (SSSR count). The van der Waals surface area contributed by atoms with Gasteiger partial charge >= 0.3 is 0 Å². The van der Waals surface area contributed by atoms with E-state index >= 15 is 0 Å². The van der Waals surface area contributed by atoms with E-state index in [0.29, 0.717) is 0 Å². The molecule has 2 amide bonds. The molecule has 11 heavy (non-hydrogen) atoms. The Hall–Kier alpha value is 0.801. The molecular formula is C4H6BNO3UV-. The van der Waals surface area contributed by atoms with Crippen molar-refractivity contribution >= 4 is 19.0 Å². The number of rotatable bonds is 0. The van der Waals surface area contributed by atoms with E-state index in [1.54, 1.807) is 0 Å². The van der Waals surface area contributed by atoms with Crippen LogP contribution in [-0.2, 0) is 23.4 Å². The molecule has 0 aromatic heterocycles. The van der Waals surface area contributed by atoms with Crippen LogP contribution >= 0.6 is 0 Å². The molecule has 0 bridgehead atoms. The predicted molar refractivity (Wildman–Crippen MR) is 32.0 cm³/mol. The Labute approximate surface area is 101 Å². The molecule has 4 nitrogen and oxygen atoms in total. The molecule has 0 saturated carbocycles. The van der Waals surface area contributed by atoms with Crippen molar-refractivity contribution in [2.24, 2.45) is 0 Å². The van der Waals surface area contributed by atoms with E-state index in [4.69, 9.17) is 0 Å². The fraction of sp³-hybridized carbons (Fsp3) is 0.250. The normalized spacial score (nSPS) is 19.9. The van der Waals surface area contributed by atoms with E-state index in [0.717, 1.165) is 0 Å². The molecule has 2 radical (unpaired) electrons. The molecule has 0 spiro atoms. The minimum atomic E-state index is -0.484.